The Labute approximate surface area is 599 Å². The minimum atomic E-state index is -0.882. The molecule has 0 saturated carbocycles. The first-order valence-corrected chi connectivity index (χ1v) is 35.9. The summed E-state index contributed by atoms with van der Waals surface area (Å²) in [5.41, 5.74) is 4.57. The molecule has 556 valence electrons. The summed E-state index contributed by atoms with van der Waals surface area (Å²) in [4.78, 5) is 148. The van der Waals surface area contributed by atoms with E-state index in [9.17, 15) is 52.7 Å². The Morgan fingerprint density at radius 1 is 0.304 bits per heavy atom. The van der Waals surface area contributed by atoms with Crippen molar-refractivity contribution in [2.24, 2.45) is 0 Å². The van der Waals surface area contributed by atoms with Crippen LogP contribution in [0, 0.1) is 0 Å². The van der Waals surface area contributed by atoms with Crippen molar-refractivity contribution in [1.29, 1.82) is 0 Å². The van der Waals surface area contributed by atoms with Crippen LogP contribution in [0.2, 0.25) is 0 Å². The van der Waals surface area contributed by atoms with E-state index in [2.05, 4.69) is 34.3 Å². The Hall–Kier alpha value is -9.21. The molecule has 0 heterocycles. The highest BCUT2D eigenvalue weighted by atomic mass is 16.6. The molecule has 0 unspecified atom stereocenters. The predicted molar refractivity (Wildman–Crippen MR) is 380 cm³/mol. The number of methoxy groups -OCH3 is 3. The maximum absolute atomic E-state index is 14.9. The van der Waals surface area contributed by atoms with Crippen molar-refractivity contribution in [3.05, 3.63) is 127 Å². The Bertz CT molecular complexity index is 3380. The molecule has 0 fully saturated rings. The van der Waals surface area contributed by atoms with Crippen LogP contribution < -0.4 is 18.9 Å². The number of carbonyl (C=O) groups excluding carboxylic acids is 11. The second kappa shape index (κ2) is 45.6. The summed E-state index contributed by atoms with van der Waals surface area (Å²) in [6.45, 7) is 11.1. The van der Waals surface area contributed by atoms with Crippen LogP contribution in [0.5, 0.6) is 23.0 Å². The average molecular weight is 1420 g/mol. The number of rotatable bonds is 47. The first kappa shape index (κ1) is 83.5. The lowest BCUT2D eigenvalue weighted by molar-refractivity contribution is -0.155. The molecule has 0 saturated heterocycles. The topological polar surface area (TPSA) is 289 Å². The Morgan fingerprint density at radius 2 is 0.520 bits per heavy atom. The molecule has 0 amide bonds. The van der Waals surface area contributed by atoms with Gasteiger partial charge in [0.05, 0.1) is 21.3 Å². The van der Waals surface area contributed by atoms with Gasteiger partial charge in [0.15, 0.2) is 23.1 Å². The monoisotopic (exact) mass is 1420 g/mol. The molecule has 4 aromatic carbocycles. The van der Waals surface area contributed by atoms with Gasteiger partial charge in [0.1, 0.15) is 95.1 Å². The molecule has 0 radical (unpaired) electrons. The Balaban J connectivity index is 2.02. The van der Waals surface area contributed by atoms with Crippen LogP contribution in [0.4, 0.5) is 0 Å². The third-order valence-electron chi connectivity index (χ3n) is 17.1. The summed E-state index contributed by atoms with van der Waals surface area (Å²) in [7, 11) is 3.43. The quantitative estimate of drug-likeness (QED) is 0.00873. The third-order valence-corrected chi connectivity index (χ3v) is 17.1. The highest BCUT2D eigenvalue weighted by Crippen LogP contribution is 2.42. The lowest BCUT2D eigenvalue weighted by Crippen LogP contribution is -2.18. The minimum absolute atomic E-state index is 0.115. The van der Waals surface area contributed by atoms with Gasteiger partial charge in [0.2, 0.25) is 0 Å². The number of Topliss-reactive ketones (excluding diaryl/α,β-unsaturated/α-hetero) is 4. The fourth-order valence-electron chi connectivity index (χ4n) is 11.7. The average Bonchev–Trinajstić information content (AvgIpc) is 0.771. The molecular formula is C80H104O22. The van der Waals surface area contributed by atoms with E-state index in [1.807, 2.05) is 0 Å². The molecule has 1 aliphatic rings. The predicted octanol–water partition coefficient (Wildman–Crippen LogP) is 13.9. The van der Waals surface area contributed by atoms with Crippen molar-refractivity contribution < 1.29 is 105 Å². The van der Waals surface area contributed by atoms with Crippen LogP contribution in [-0.2, 0) is 92.4 Å². The molecular weight excluding hydrogens is 1310 g/mol. The van der Waals surface area contributed by atoms with Crippen LogP contribution >= 0.6 is 0 Å². The number of benzene rings is 4. The number of esters is 7. The van der Waals surface area contributed by atoms with E-state index in [-0.39, 0.29) is 156 Å². The normalized spacial score (nSPS) is 11.5. The molecule has 0 N–H and O–H groups in total. The van der Waals surface area contributed by atoms with Gasteiger partial charge < -0.3 is 52.1 Å². The van der Waals surface area contributed by atoms with E-state index in [4.69, 9.17) is 52.1 Å². The van der Waals surface area contributed by atoms with Gasteiger partial charge in [-0.2, -0.15) is 0 Å². The van der Waals surface area contributed by atoms with Crippen molar-refractivity contribution in [2.75, 3.05) is 74.2 Å². The fourth-order valence-corrected chi connectivity index (χ4v) is 11.7. The van der Waals surface area contributed by atoms with Gasteiger partial charge in [-0.25, -0.2) is 4.79 Å². The number of ether oxygens (including phenoxy) is 11. The van der Waals surface area contributed by atoms with Crippen molar-refractivity contribution in [2.45, 2.75) is 208 Å². The zero-order chi connectivity index (χ0) is 74.3. The Morgan fingerprint density at radius 3 is 0.716 bits per heavy atom. The molecule has 4 aromatic rings. The lowest BCUT2D eigenvalue weighted by atomic mass is 9.86. The fraction of sp³-hybridized carbons (Fsp3) is 0.537. The molecule has 8 bridgehead atoms. The highest BCUT2D eigenvalue weighted by Gasteiger charge is 2.29. The minimum Gasteiger partial charge on any atom is -0.489 e. The summed E-state index contributed by atoms with van der Waals surface area (Å²) in [5, 5.41) is 0. The first-order chi connectivity index (χ1) is 49.2. The van der Waals surface area contributed by atoms with Crippen LogP contribution in [0.15, 0.2) is 60.7 Å². The van der Waals surface area contributed by atoms with E-state index >= 15 is 0 Å². The zero-order valence-corrected chi connectivity index (χ0v) is 61.1. The van der Waals surface area contributed by atoms with E-state index in [0.29, 0.717) is 92.4 Å². The second-order valence-electron chi connectivity index (χ2n) is 25.4. The van der Waals surface area contributed by atoms with Crippen LogP contribution in [0.1, 0.15) is 268 Å². The van der Waals surface area contributed by atoms with Gasteiger partial charge in [-0.05, 0) is 126 Å². The molecule has 0 atom stereocenters. The van der Waals surface area contributed by atoms with Crippen molar-refractivity contribution in [1.82, 2.24) is 0 Å². The SMILES string of the molecule is C=C(C)C(=O)OCCOc1c2cc(C(=O)CCCCCC)cc1Cc1cc(C(=O)CCCCCC)cc(c1OCCOC(=O)CC(=O)OC)Cc1cc(C(=O)CCCCCC)cc(c1OCCOC(=O)CC(=O)OC)Cc1cc(C(=O)CCCCCC)cc(c1OCCOC(=O)CC(=O)OC)C2. The van der Waals surface area contributed by atoms with Gasteiger partial charge >= 0.3 is 41.8 Å². The summed E-state index contributed by atoms with van der Waals surface area (Å²) in [6, 6.07) is 13.7. The van der Waals surface area contributed by atoms with E-state index in [1.165, 1.54) is 6.92 Å². The van der Waals surface area contributed by atoms with Crippen molar-refractivity contribution >= 4 is 64.9 Å². The molecule has 0 spiro atoms. The van der Waals surface area contributed by atoms with Gasteiger partial charge in [-0.3, -0.25) is 47.9 Å². The molecule has 5 rings (SSSR count). The molecule has 0 aromatic heterocycles. The first-order valence-electron chi connectivity index (χ1n) is 35.9. The highest BCUT2D eigenvalue weighted by molar-refractivity contribution is 6.00. The largest absolute Gasteiger partial charge is 0.489 e. The van der Waals surface area contributed by atoms with Gasteiger partial charge in [-0.15, -0.1) is 0 Å². The molecule has 0 aliphatic heterocycles. The summed E-state index contributed by atoms with van der Waals surface area (Å²) < 4.78 is 63.5. The number of fused-ring (bicyclic) bond motifs is 8. The number of ketones is 4. The Kier molecular flexibility index (Phi) is 37.3. The number of carbonyl (C=O) groups is 11. The molecule has 102 heavy (non-hydrogen) atoms. The maximum Gasteiger partial charge on any atom is 0.333 e. The standard InChI is InChI=1S/C80H104O22/c1-10-14-18-22-26-66(81)54-38-58-46-60-40-55(67(82)27-23-19-15-11-2)42-62(77(60)99-34-31-96-74(89)51-71(86)93-8)48-64-44-57(69(84)29-25-21-17-13-4)45-65(79(64)101-36-37-102-80(91)53(5)6)49-63-43-56(68(83)28-24-20-16-12-3)41-61(78(63)100-35-32-97-75(90)52-72(87)94-9)47-59(39-54)76(58)98-33-30-95-73(88)50-70(85)92-7/h38-45H,5,10-37,46-52H2,1-4,6-9H3. The summed E-state index contributed by atoms with van der Waals surface area (Å²) >= 11 is 0. The van der Waals surface area contributed by atoms with Crippen LogP contribution in [0.3, 0.4) is 0 Å². The number of unbranched alkanes of at least 4 members (excludes halogenated alkanes) is 12. The van der Waals surface area contributed by atoms with Crippen molar-refractivity contribution in [3.63, 3.8) is 0 Å². The third kappa shape index (κ3) is 28.3. The van der Waals surface area contributed by atoms with Gasteiger partial charge in [0, 0.05) is 79.2 Å². The number of hydrogen-bond acceptors (Lipinski definition) is 22. The number of hydrogen-bond donors (Lipinski definition) is 0. The van der Waals surface area contributed by atoms with Crippen molar-refractivity contribution in [3.8, 4) is 23.0 Å². The van der Waals surface area contributed by atoms with Crippen LogP contribution in [-0.4, -0.2) is 139 Å². The smallest absolute Gasteiger partial charge is 0.333 e. The zero-order valence-electron chi connectivity index (χ0n) is 61.1. The molecule has 1 aliphatic carbocycles. The van der Waals surface area contributed by atoms with E-state index in [0.717, 1.165) is 98.4 Å². The van der Waals surface area contributed by atoms with Gasteiger partial charge in [-0.1, -0.05) is 111 Å². The van der Waals surface area contributed by atoms with Crippen LogP contribution in [0.25, 0.3) is 0 Å². The van der Waals surface area contributed by atoms with E-state index in [1.54, 1.807) is 48.5 Å². The molecule has 22 heteroatoms. The summed E-state index contributed by atoms with van der Waals surface area (Å²) in [6.07, 6.45) is 11.0. The van der Waals surface area contributed by atoms with Gasteiger partial charge in [0.25, 0.3) is 0 Å². The maximum atomic E-state index is 14.9. The lowest BCUT2D eigenvalue weighted by Gasteiger charge is -2.25. The second-order valence-corrected chi connectivity index (χ2v) is 25.4. The molecule has 22 nitrogen and oxygen atoms in total. The van der Waals surface area contributed by atoms with E-state index < -0.39 is 61.0 Å². The summed E-state index contributed by atoms with van der Waals surface area (Å²) in [5.74, 6) is -5.65.